The molecule has 0 amide bonds. The van der Waals surface area contributed by atoms with E-state index in [0.29, 0.717) is 12.2 Å². The molecule has 3 N–H and O–H groups in total. The van der Waals surface area contributed by atoms with Crippen LogP contribution in [0.3, 0.4) is 0 Å². The molecule has 0 unspecified atom stereocenters. The molecule has 1 saturated carbocycles. The minimum atomic E-state index is -0.110. The molecular formula is C12H16BrNO2. The van der Waals surface area contributed by atoms with Crippen LogP contribution in [0.2, 0.25) is 0 Å². The maximum atomic E-state index is 10.1. The summed E-state index contributed by atoms with van der Waals surface area (Å²) in [5.41, 5.74) is 7.92. The van der Waals surface area contributed by atoms with Crippen LogP contribution in [0.25, 0.3) is 0 Å². The summed E-state index contributed by atoms with van der Waals surface area (Å²) in [6, 6.07) is 1.96. The van der Waals surface area contributed by atoms with Gasteiger partial charge in [0.15, 0.2) is 11.5 Å². The molecule has 0 bridgehead atoms. The highest BCUT2D eigenvalue weighted by atomic mass is 79.9. The third kappa shape index (κ3) is 2.04. The van der Waals surface area contributed by atoms with Gasteiger partial charge in [0.1, 0.15) is 0 Å². The van der Waals surface area contributed by atoms with E-state index >= 15 is 0 Å². The van der Waals surface area contributed by atoms with E-state index in [0.717, 1.165) is 28.4 Å². The van der Waals surface area contributed by atoms with Crippen molar-refractivity contribution in [2.45, 2.75) is 31.7 Å². The predicted molar refractivity (Wildman–Crippen MR) is 67.0 cm³/mol. The first-order valence-corrected chi connectivity index (χ1v) is 6.10. The van der Waals surface area contributed by atoms with Crippen molar-refractivity contribution in [1.82, 2.24) is 0 Å². The zero-order valence-corrected chi connectivity index (χ0v) is 11.1. The van der Waals surface area contributed by atoms with E-state index in [-0.39, 0.29) is 11.3 Å². The van der Waals surface area contributed by atoms with Gasteiger partial charge >= 0.3 is 0 Å². The molecular weight excluding hydrogens is 270 g/mol. The van der Waals surface area contributed by atoms with Gasteiger partial charge in [0.25, 0.3) is 0 Å². The van der Waals surface area contributed by atoms with Gasteiger partial charge in [-0.15, -0.1) is 0 Å². The van der Waals surface area contributed by atoms with Crippen LogP contribution >= 0.6 is 15.9 Å². The maximum absolute atomic E-state index is 10.1. The normalized spacial score (nSPS) is 17.2. The topological polar surface area (TPSA) is 55.5 Å². The number of hydrogen-bond acceptors (Lipinski definition) is 3. The van der Waals surface area contributed by atoms with Gasteiger partial charge in [-0.2, -0.15) is 0 Å². The molecule has 1 aliphatic carbocycles. The van der Waals surface area contributed by atoms with Crippen LogP contribution in [-0.2, 0) is 6.42 Å². The number of rotatable bonds is 3. The Balaban J connectivity index is 2.43. The number of nitrogens with two attached hydrogens (primary N) is 1. The number of methoxy groups -OCH3 is 1. The van der Waals surface area contributed by atoms with Crippen molar-refractivity contribution < 1.29 is 9.84 Å². The van der Waals surface area contributed by atoms with E-state index in [1.807, 2.05) is 13.0 Å². The molecule has 1 aromatic carbocycles. The summed E-state index contributed by atoms with van der Waals surface area (Å²) < 4.78 is 5.94. The van der Waals surface area contributed by atoms with Crippen molar-refractivity contribution in [1.29, 1.82) is 0 Å². The SMILES string of the molecule is COc1c(Br)cc(C)c(CC2(N)CC2)c1O. The van der Waals surface area contributed by atoms with Gasteiger partial charge in [-0.3, -0.25) is 0 Å². The van der Waals surface area contributed by atoms with Crippen LogP contribution in [0, 0.1) is 6.92 Å². The smallest absolute Gasteiger partial charge is 0.174 e. The molecule has 0 aromatic heterocycles. The first-order chi connectivity index (χ1) is 7.47. The maximum Gasteiger partial charge on any atom is 0.174 e. The zero-order valence-electron chi connectivity index (χ0n) is 9.51. The molecule has 0 aliphatic heterocycles. The predicted octanol–water partition coefficient (Wildman–Crippen LogP) is 2.51. The Bertz CT molecular complexity index is 428. The largest absolute Gasteiger partial charge is 0.504 e. The van der Waals surface area contributed by atoms with Gasteiger partial charge in [-0.25, -0.2) is 0 Å². The van der Waals surface area contributed by atoms with E-state index in [1.165, 1.54) is 0 Å². The van der Waals surface area contributed by atoms with E-state index in [9.17, 15) is 5.11 Å². The van der Waals surface area contributed by atoms with Gasteiger partial charge in [0, 0.05) is 11.1 Å². The molecule has 0 heterocycles. The number of phenolic OH excluding ortho intramolecular Hbond substituents is 1. The van der Waals surface area contributed by atoms with Crippen LogP contribution in [0.5, 0.6) is 11.5 Å². The van der Waals surface area contributed by atoms with E-state index in [1.54, 1.807) is 7.11 Å². The fourth-order valence-corrected chi connectivity index (χ4v) is 2.58. The summed E-state index contributed by atoms with van der Waals surface area (Å²) in [5, 5.41) is 10.1. The van der Waals surface area contributed by atoms with Crippen molar-refractivity contribution in [2.24, 2.45) is 5.73 Å². The van der Waals surface area contributed by atoms with Crippen molar-refractivity contribution in [3.8, 4) is 11.5 Å². The molecule has 0 radical (unpaired) electrons. The molecule has 1 aliphatic rings. The molecule has 88 valence electrons. The highest BCUT2D eigenvalue weighted by Gasteiger charge is 2.39. The second kappa shape index (κ2) is 3.93. The highest BCUT2D eigenvalue weighted by molar-refractivity contribution is 9.10. The van der Waals surface area contributed by atoms with Crippen molar-refractivity contribution in [2.75, 3.05) is 7.11 Å². The second-order valence-corrected chi connectivity index (χ2v) is 5.43. The zero-order chi connectivity index (χ0) is 11.9. The summed E-state index contributed by atoms with van der Waals surface area (Å²) in [4.78, 5) is 0. The van der Waals surface area contributed by atoms with Gasteiger partial charge in [-0.05, 0) is 53.7 Å². The first-order valence-electron chi connectivity index (χ1n) is 5.31. The first kappa shape index (κ1) is 11.7. The highest BCUT2D eigenvalue weighted by Crippen LogP contribution is 2.44. The Labute approximate surface area is 104 Å². The van der Waals surface area contributed by atoms with Crippen LogP contribution in [-0.4, -0.2) is 17.8 Å². The van der Waals surface area contributed by atoms with Crippen molar-refractivity contribution >= 4 is 15.9 Å². The van der Waals surface area contributed by atoms with Crippen LogP contribution in [0.15, 0.2) is 10.5 Å². The van der Waals surface area contributed by atoms with Crippen LogP contribution < -0.4 is 10.5 Å². The number of ether oxygens (including phenoxy) is 1. The van der Waals surface area contributed by atoms with Gasteiger partial charge in [-0.1, -0.05) is 0 Å². The van der Waals surface area contributed by atoms with Crippen LogP contribution in [0.1, 0.15) is 24.0 Å². The quantitative estimate of drug-likeness (QED) is 0.897. The molecule has 0 spiro atoms. The summed E-state index contributed by atoms with van der Waals surface area (Å²) >= 11 is 3.37. The van der Waals surface area contributed by atoms with E-state index < -0.39 is 0 Å². The molecule has 3 nitrogen and oxygen atoms in total. The van der Waals surface area contributed by atoms with E-state index in [2.05, 4.69) is 15.9 Å². The minimum absolute atomic E-state index is 0.110. The van der Waals surface area contributed by atoms with Crippen molar-refractivity contribution in [3.05, 3.63) is 21.7 Å². The molecule has 16 heavy (non-hydrogen) atoms. The summed E-state index contributed by atoms with van der Waals surface area (Å²) in [6.07, 6.45) is 2.78. The number of phenols is 1. The number of halogens is 1. The van der Waals surface area contributed by atoms with Gasteiger partial charge < -0.3 is 15.6 Å². The van der Waals surface area contributed by atoms with Gasteiger partial charge in [0.2, 0.25) is 0 Å². The number of benzene rings is 1. The monoisotopic (exact) mass is 285 g/mol. The standard InChI is InChI=1S/C12H16BrNO2/c1-7-5-9(13)11(16-2)10(15)8(7)6-12(14)3-4-12/h5,15H,3-4,6,14H2,1-2H3. The third-order valence-corrected chi connectivity index (χ3v) is 3.75. The summed E-state index contributed by atoms with van der Waals surface area (Å²) in [5.74, 6) is 0.705. The Kier molecular flexibility index (Phi) is 2.88. The third-order valence-electron chi connectivity index (χ3n) is 3.16. The molecule has 0 atom stereocenters. The van der Waals surface area contributed by atoms with E-state index in [4.69, 9.17) is 10.5 Å². The van der Waals surface area contributed by atoms with Crippen LogP contribution in [0.4, 0.5) is 0 Å². The lowest BCUT2D eigenvalue weighted by Gasteiger charge is -2.16. The average Bonchev–Trinajstić information content (AvgIpc) is 2.92. The lowest BCUT2D eigenvalue weighted by molar-refractivity contribution is 0.367. The molecule has 2 rings (SSSR count). The summed E-state index contributed by atoms with van der Waals surface area (Å²) in [6.45, 7) is 1.98. The number of hydrogen-bond donors (Lipinski definition) is 2. The Hall–Kier alpha value is -0.740. The Morgan fingerprint density at radius 2 is 2.19 bits per heavy atom. The fourth-order valence-electron chi connectivity index (χ4n) is 1.89. The minimum Gasteiger partial charge on any atom is -0.504 e. The molecule has 4 heteroatoms. The molecule has 0 saturated heterocycles. The van der Waals surface area contributed by atoms with Gasteiger partial charge in [0.05, 0.1) is 11.6 Å². The lowest BCUT2D eigenvalue weighted by atomic mass is 9.98. The fraction of sp³-hybridized carbons (Fsp3) is 0.500. The Morgan fingerprint density at radius 3 is 2.69 bits per heavy atom. The average molecular weight is 286 g/mol. The van der Waals surface area contributed by atoms with Crippen molar-refractivity contribution in [3.63, 3.8) is 0 Å². The lowest BCUT2D eigenvalue weighted by Crippen LogP contribution is -2.25. The second-order valence-electron chi connectivity index (χ2n) is 4.57. The number of aromatic hydroxyl groups is 1. The Morgan fingerprint density at radius 1 is 1.56 bits per heavy atom. The molecule has 1 fully saturated rings. The molecule has 1 aromatic rings. The number of aryl methyl sites for hydroxylation is 1. The summed E-state index contributed by atoms with van der Waals surface area (Å²) in [7, 11) is 1.55.